The Balaban J connectivity index is 1.71. The minimum atomic E-state index is -3.21. The summed E-state index contributed by atoms with van der Waals surface area (Å²) in [5.41, 5.74) is 3.72. The van der Waals surface area contributed by atoms with Gasteiger partial charge in [-0.25, -0.2) is 13.4 Å². The van der Waals surface area contributed by atoms with Crippen molar-refractivity contribution in [3.63, 3.8) is 0 Å². The average Bonchev–Trinajstić information content (AvgIpc) is 3.03. The summed E-state index contributed by atoms with van der Waals surface area (Å²) in [5, 5.41) is 11.2. The van der Waals surface area contributed by atoms with Crippen molar-refractivity contribution in [2.45, 2.75) is 30.6 Å². The highest BCUT2D eigenvalue weighted by molar-refractivity contribution is 7.90. The zero-order chi connectivity index (χ0) is 19.0. The zero-order valence-corrected chi connectivity index (χ0v) is 16.3. The van der Waals surface area contributed by atoms with E-state index in [-0.39, 0.29) is 0 Å². The van der Waals surface area contributed by atoms with Gasteiger partial charge in [0, 0.05) is 36.0 Å². The predicted molar refractivity (Wildman–Crippen MR) is 105 cm³/mol. The van der Waals surface area contributed by atoms with Crippen LogP contribution >= 0.6 is 0 Å². The molecule has 0 bridgehead atoms. The summed E-state index contributed by atoms with van der Waals surface area (Å²) in [6, 6.07) is 8.79. The van der Waals surface area contributed by atoms with Crippen LogP contribution in [0.3, 0.4) is 0 Å². The third-order valence-electron chi connectivity index (χ3n) is 4.94. The van der Waals surface area contributed by atoms with Crippen LogP contribution in [0.1, 0.15) is 30.0 Å². The molecule has 4 rings (SSSR count). The summed E-state index contributed by atoms with van der Waals surface area (Å²) < 4.78 is 25.1. The number of nitrogens with zero attached hydrogens (tertiary/aromatic N) is 3. The number of fused-ring (bicyclic) bond motifs is 1. The number of rotatable bonds is 4. The minimum Gasteiger partial charge on any atom is -0.340 e. The highest BCUT2D eigenvalue weighted by Crippen LogP contribution is 2.27. The lowest BCUT2D eigenvalue weighted by molar-refractivity contribution is 0.455. The second kappa shape index (κ2) is 6.94. The number of piperidine rings is 1. The van der Waals surface area contributed by atoms with Crippen molar-refractivity contribution in [1.29, 1.82) is 0 Å². The van der Waals surface area contributed by atoms with E-state index < -0.39 is 9.84 Å². The van der Waals surface area contributed by atoms with Gasteiger partial charge in [-0.3, -0.25) is 0 Å². The van der Waals surface area contributed by atoms with Crippen LogP contribution in [0, 0.1) is 6.92 Å². The summed E-state index contributed by atoms with van der Waals surface area (Å²) in [4.78, 5) is 5.15. The number of aryl methyl sites for hydroxylation is 1. The van der Waals surface area contributed by atoms with Crippen molar-refractivity contribution in [3.05, 3.63) is 47.8 Å². The number of sulfone groups is 1. The maximum Gasteiger partial charge on any atom is 0.175 e. The van der Waals surface area contributed by atoms with Crippen LogP contribution in [-0.4, -0.2) is 42.4 Å². The molecule has 0 radical (unpaired) electrons. The summed E-state index contributed by atoms with van der Waals surface area (Å²) >= 11 is 0. The Morgan fingerprint density at radius 1 is 1.26 bits per heavy atom. The van der Waals surface area contributed by atoms with Crippen LogP contribution in [0.15, 0.2) is 41.4 Å². The van der Waals surface area contributed by atoms with Gasteiger partial charge < -0.3 is 10.6 Å². The van der Waals surface area contributed by atoms with Gasteiger partial charge in [-0.2, -0.15) is 9.61 Å². The van der Waals surface area contributed by atoms with E-state index in [4.69, 9.17) is 4.98 Å². The highest BCUT2D eigenvalue weighted by atomic mass is 32.2. The molecule has 1 aromatic carbocycles. The third kappa shape index (κ3) is 3.68. The summed E-state index contributed by atoms with van der Waals surface area (Å²) in [6.45, 7) is 3.99. The van der Waals surface area contributed by atoms with Crippen LogP contribution in [0.25, 0.3) is 5.65 Å². The molecular formula is C19H23N5O2S. The lowest BCUT2D eigenvalue weighted by Crippen LogP contribution is -2.29. The van der Waals surface area contributed by atoms with E-state index in [1.54, 1.807) is 28.8 Å². The Bertz CT molecular complexity index is 1070. The van der Waals surface area contributed by atoms with Gasteiger partial charge in [0.15, 0.2) is 15.5 Å². The van der Waals surface area contributed by atoms with Crippen molar-refractivity contribution in [2.75, 3.05) is 24.7 Å². The first-order valence-corrected chi connectivity index (χ1v) is 10.9. The van der Waals surface area contributed by atoms with E-state index in [1.165, 1.54) is 6.26 Å². The maximum absolute atomic E-state index is 11.7. The molecule has 1 fully saturated rings. The predicted octanol–water partition coefficient (Wildman–Crippen LogP) is 2.65. The molecular weight excluding hydrogens is 362 g/mol. The standard InChI is InChI=1S/C19H23N5O2S/c1-13-11-21-24-18(22-15-5-7-16(8-6-15)27(2,25)26)10-17(23-19(13)24)14-4-3-9-20-12-14/h5-8,10-11,14,20,22H,3-4,9,12H2,1-2H3. The Morgan fingerprint density at radius 2 is 2.04 bits per heavy atom. The SMILES string of the molecule is Cc1cnn2c(Nc3ccc(S(C)(=O)=O)cc3)cc(C3CCCNC3)nc12. The van der Waals surface area contributed by atoms with Crippen molar-refractivity contribution in [1.82, 2.24) is 19.9 Å². The lowest BCUT2D eigenvalue weighted by atomic mass is 9.96. The Kier molecular flexibility index (Phi) is 4.61. The van der Waals surface area contributed by atoms with Crippen LogP contribution in [0.5, 0.6) is 0 Å². The molecule has 3 heterocycles. The quantitative estimate of drug-likeness (QED) is 0.718. The largest absolute Gasteiger partial charge is 0.340 e. The molecule has 3 aromatic rings. The topological polar surface area (TPSA) is 88.4 Å². The van der Waals surface area contributed by atoms with E-state index in [1.807, 2.05) is 19.2 Å². The van der Waals surface area contributed by atoms with Crippen LogP contribution in [-0.2, 0) is 9.84 Å². The molecule has 2 N–H and O–H groups in total. The monoisotopic (exact) mass is 385 g/mol. The zero-order valence-electron chi connectivity index (χ0n) is 15.4. The first-order valence-electron chi connectivity index (χ1n) is 9.05. The van der Waals surface area contributed by atoms with Gasteiger partial charge in [-0.15, -0.1) is 0 Å². The Labute approximate surface area is 158 Å². The van der Waals surface area contributed by atoms with Gasteiger partial charge in [0.25, 0.3) is 0 Å². The summed E-state index contributed by atoms with van der Waals surface area (Å²) in [6.07, 6.45) is 5.28. The van der Waals surface area contributed by atoms with Crippen molar-refractivity contribution >= 4 is 27.0 Å². The molecule has 142 valence electrons. The first kappa shape index (κ1) is 17.9. The van der Waals surface area contributed by atoms with Crippen molar-refractivity contribution in [2.24, 2.45) is 0 Å². The van der Waals surface area contributed by atoms with Crippen LogP contribution < -0.4 is 10.6 Å². The van der Waals surface area contributed by atoms with Gasteiger partial charge in [-0.1, -0.05) is 0 Å². The molecule has 1 aliphatic heterocycles. The van der Waals surface area contributed by atoms with E-state index >= 15 is 0 Å². The summed E-state index contributed by atoms with van der Waals surface area (Å²) in [7, 11) is -3.21. The molecule has 2 aromatic heterocycles. The summed E-state index contributed by atoms with van der Waals surface area (Å²) in [5.74, 6) is 1.20. The molecule has 1 aliphatic rings. The molecule has 1 unspecified atom stereocenters. The molecule has 0 saturated carbocycles. The second-order valence-corrected chi connectivity index (χ2v) is 9.11. The number of nitrogens with one attached hydrogen (secondary N) is 2. The highest BCUT2D eigenvalue weighted by Gasteiger charge is 2.19. The average molecular weight is 385 g/mol. The van der Waals surface area contributed by atoms with Gasteiger partial charge in [0.2, 0.25) is 0 Å². The Hall–Kier alpha value is -2.45. The smallest absolute Gasteiger partial charge is 0.175 e. The minimum absolute atomic E-state index is 0.303. The molecule has 27 heavy (non-hydrogen) atoms. The van der Waals surface area contributed by atoms with Crippen LogP contribution in [0.2, 0.25) is 0 Å². The van der Waals surface area contributed by atoms with Crippen LogP contribution in [0.4, 0.5) is 11.5 Å². The van der Waals surface area contributed by atoms with Gasteiger partial charge >= 0.3 is 0 Å². The lowest BCUT2D eigenvalue weighted by Gasteiger charge is -2.23. The van der Waals surface area contributed by atoms with E-state index in [2.05, 4.69) is 15.7 Å². The Morgan fingerprint density at radius 3 is 2.70 bits per heavy atom. The number of anilines is 2. The van der Waals surface area contributed by atoms with Gasteiger partial charge in [0.05, 0.1) is 16.8 Å². The molecule has 1 atom stereocenters. The third-order valence-corrected chi connectivity index (χ3v) is 6.07. The number of aromatic nitrogens is 3. The van der Waals surface area contributed by atoms with Crippen molar-refractivity contribution in [3.8, 4) is 0 Å². The van der Waals surface area contributed by atoms with Gasteiger partial charge in [0.1, 0.15) is 5.82 Å². The maximum atomic E-state index is 11.7. The van der Waals surface area contributed by atoms with Gasteiger partial charge in [-0.05, 0) is 50.6 Å². The second-order valence-electron chi connectivity index (χ2n) is 7.09. The fourth-order valence-electron chi connectivity index (χ4n) is 3.43. The van der Waals surface area contributed by atoms with Crippen molar-refractivity contribution < 1.29 is 8.42 Å². The van der Waals surface area contributed by atoms with E-state index in [0.717, 1.165) is 54.3 Å². The fraction of sp³-hybridized carbons (Fsp3) is 0.368. The first-order chi connectivity index (χ1) is 12.9. The normalized spacial score (nSPS) is 17.9. The van der Waals surface area contributed by atoms with E-state index in [9.17, 15) is 8.42 Å². The molecule has 1 saturated heterocycles. The molecule has 0 amide bonds. The molecule has 7 nitrogen and oxygen atoms in total. The molecule has 8 heteroatoms. The number of hydrogen-bond acceptors (Lipinski definition) is 6. The molecule has 0 spiro atoms. The molecule has 0 aliphatic carbocycles. The number of hydrogen-bond donors (Lipinski definition) is 2. The van der Waals surface area contributed by atoms with E-state index in [0.29, 0.717) is 10.8 Å². The number of benzene rings is 1. The fourth-order valence-corrected chi connectivity index (χ4v) is 4.06.